The Bertz CT molecular complexity index is 762. The summed E-state index contributed by atoms with van der Waals surface area (Å²) in [5.74, 6) is 0.520. The first-order valence-electron chi connectivity index (χ1n) is 9.21. The van der Waals surface area contributed by atoms with Crippen LogP contribution < -0.4 is 10.1 Å². The molecule has 142 valence electrons. The van der Waals surface area contributed by atoms with Crippen molar-refractivity contribution in [2.24, 2.45) is 0 Å². The van der Waals surface area contributed by atoms with Crippen LogP contribution >= 0.6 is 0 Å². The van der Waals surface area contributed by atoms with Crippen molar-refractivity contribution >= 4 is 17.6 Å². The summed E-state index contributed by atoms with van der Waals surface area (Å²) >= 11 is 0. The lowest BCUT2D eigenvalue weighted by Gasteiger charge is -2.32. The zero-order valence-electron chi connectivity index (χ0n) is 15.1. The van der Waals surface area contributed by atoms with Gasteiger partial charge in [0.15, 0.2) is 0 Å². The normalized spacial score (nSPS) is 17.3. The largest absolute Gasteiger partial charge is 0.480 e. The molecule has 0 spiro atoms. The number of ether oxygens (including phenoxy) is 1. The molecule has 2 aromatic carbocycles. The Morgan fingerprint density at radius 2 is 1.74 bits per heavy atom. The van der Waals surface area contributed by atoms with Gasteiger partial charge in [0.25, 0.3) is 0 Å². The number of amides is 1. The second kappa shape index (κ2) is 9.19. The van der Waals surface area contributed by atoms with E-state index < -0.39 is 12.0 Å². The molecule has 1 unspecified atom stereocenters. The van der Waals surface area contributed by atoms with Crippen LogP contribution in [0.25, 0.3) is 0 Å². The number of anilines is 1. The summed E-state index contributed by atoms with van der Waals surface area (Å²) in [6.45, 7) is 1.19. The molecule has 0 radical (unpaired) electrons. The Balaban J connectivity index is 1.48. The number of nitrogens with one attached hydrogen (secondary N) is 1. The van der Waals surface area contributed by atoms with Crippen molar-refractivity contribution in [3.63, 3.8) is 0 Å². The van der Waals surface area contributed by atoms with Gasteiger partial charge in [-0.2, -0.15) is 0 Å². The molecule has 1 aliphatic rings. The second-order valence-corrected chi connectivity index (χ2v) is 6.62. The van der Waals surface area contributed by atoms with E-state index in [1.54, 1.807) is 24.3 Å². The molecule has 1 amide bonds. The molecule has 27 heavy (non-hydrogen) atoms. The fraction of sp³-hybridized carbons (Fsp3) is 0.333. The summed E-state index contributed by atoms with van der Waals surface area (Å²) in [4.78, 5) is 25.4. The van der Waals surface area contributed by atoms with Crippen LogP contribution in [0.5, 0.6) is 11.5 Å². The summed E-state index contributed by atoms with van der Waals surface area (Å²) in [5.41, 5.74) is 0.689. The van der Waals surface area contributed by atoms with Crippen molar-refractivity contribution in [3.05, 3.63) is 54.6 Å². The summed E-state index contributed by atoms with van der Waals surface area (Å²) < 4.78 is 5.72. The highest BCUT2D eigenvalue weighted by Crippen LogP contribution is 2.23. The number of carboxylic acid groups (broad SMARTS) is 1. The number of hydrogen-bond donors (Lipinski definition) is 2. The van der Waals surface area contributed by atoms with E-state index >= 15 is 0 Å². The maximum atomic E-state index is 12.2. The van der Waals surface area contributed by atoms with Gasteiger partial charge in [-0.1, -0.05) is 24.6 Å². The zero-order chi connectivity index (χ0) is 19.1. The lowest BCUT2D eigenvalue weighted by Crippen LogP contribution is -2.45. The number of para-hydroxylation sites is 1. The summed E-state index contributed by atoms with van der Waals surface area (Å²) in [6.07, 6.45) is 2.83. The molecule has 0 saturated carbocycles. The number of carboxylic acids is 1. The predicted molar refractivity (Wildman–Crippen MR) is 103 cm³/mol. The Hall–Kier alpha value is -2.86. The third-order valence-corrected chi connectivity index (χ3v) is 4.64. The highest BCUT2D eigenvalue weighted by Gasteiger charge is 2.28. The minimum atomic E-state index is -0.802. The molecule has 1 heterocycles. The first-order chi connectivity index (χ1) is 13.1. The molecule has 0 aromatic heterocycles. The van der Waals surface area contributed by atoms with Gasteiger partial charge in [0, 0.05) is 18.7 Å². The van der Waals surface area contributed by atoms with Crippen LogP contribution in [-0.4, -0.2) is 41.0 Å². The highest BCUT2D eigenvalue weighted by molar-refractivity contribution is 5.90. The predicted octanol–water partition coefficient (Wildman–Crippen LogP) is 3.75. The van der Waals surface area contributed by atoms with E-state index in [0.717, 1.165) is 25.1 Å². The number of likely N-dealkylation sites (tertiary alicyclic amines) is 1. The maximum Gasteiger partial charge on any atom is 0.320 e. The number of aliphatic carboxylic acids is 1. The van der Waals surface area contributed by atoms with Crippen LogP contribution in [0.1, 0.15) is 25.7 Å². The van der Waals surface area contributed by atoms with Crippen molar-refractivity contribution in [1.29, 1.82) is 0 Å². The molecule has 0 aliphatic carbocycles. The molecule has 2 N–H and O–H groups in total. The Labute approximate surface area is 158 Å². The van der Waals surface area contributed by atoms with E-state index in [0.29, 0.717) is 24.4 Å². The maximum absolute atomic E-state index is 12.2. The Kier molecular flexibility index (Phi) is 6.44. The fourth-order valence-electron chi connectivity index (χ4n) is 3.24. The lowest BCUT2D eigenvalue weighted by atomic mass is 10.0. The van der Waals surface area contributed by atoms with Crippen LogP contribution in [0.2, 0.25) is 0 Å². The standard InChI is InChI=1S/C21H24N2O4/c24-20(13-15-23-14-5-4-8-19(23)21(25)26)22-16-9-11-18(12-10-16)27-17-6-2-1-3-7-17/h1-3,6-7,9-12,19H,4-5,8,13-15H2,(H,22,24)(H,25,26). The summed E-state index contributed by atoms with van der Waals surface area (Å²) in [6, 6.07) is 16.2. The number of rotatable bonds is 7. The molecule has 0 bridgehead atoms. The van der Waals surface area contributed by atoms with Crippen LogP contribution in [-0.2, 0) is 9.59 Å². The monoisotopic (exact) mass is 368 g/mol. The van der Waals surface area contributed by atoms with Gasteiger partial charge in [-0.3, -0.25) is 14.5 Å². The van der Waals surface area contributed by atoms with Gasteiger partial charge < -0.3 is 15.2 Å². The van der Waals surface area contributed by atoms with E-state index in [-0.39, 0.29) is 12.3 Å². The highest BCUT2D eigenvalue weighted by atomic mass is 16.5. The van der Waals surface area contributed by atoms with Crippen molar-refractivity contribution in [3.8, 4) is 11.5 Å². The minimum Gasteiger partial charge on any atom is -0.480 e. The first-order valence-corrected chi connectivity index (χ1v) is 9.21. The molecule has 6 nitrogen and oxygen atoms in total. The van der Waals surface area contributed by atoms with Gasteiger partial charge in [0.05, 0.1) is 0 Å². The number of nitrogens with zero attached hydrogens (tertiary/aromatic N) is 1. The summed E-state index contributed by atoms with van der Waals surface area (Å²) in [7, 11) is 0. The topological polar surface area (TPSA) is 78.9 Å². The van der Waals surface area contributed by atoms with Crippen LogP contribution in [0.3, 0.4) is 0 Å². The first kappa shape index (κ1) is 18.9. The summed E-state index contributed by atoms with van der Waals surface area (Å²) in [5, 5.41) is 12.1. The molecule has 1 saturated heterocycles. The smallest absolute Gasteiger partial charge is 0.320 e. The van der Waals surface area contributed by atoms with Crippen LogP contribution in [0.15, 0.2) is 54.6 Å². The zero-order valence-corrected chi connectivity index (χ0v) is 15.1. The molecule has 6 heteroatoms. The van der Waals surface area contributed by atoms with Gasteiger partial charge in [0.2, 0.25) is 5.91 Å². The van der Waals surface area contributed by atoms with E-state index in [4.69, 9.17) is 4.74 Å². The Morgan fingerprint density at radius 1 is 1.04 bits per heavy atom. The second-order valence-electron chi connectivity index (χ2n) is 6.62. The number of hydrogen-bond acceptors (Lipinski definition) is 4. The van der Waals surface area contributed by atoms with E-state index in [1.807, 2.05) is 35.2 Å². The van der Waals surface area contributed by atoms with Crippen molar-refractivity contribution in [2.75, 3.05) is 18.4 Å². The molecule has 3 rings (SSSR count). The van der Waals surface area contributed by atoms with Gasteiger partial charge in [-0.05, 0) is 55.8 Å². The van der Waals surface area contributed by atoms with Crippen molar-refractivity contribution < 1.29 is 19.4 Å². The van der Waals surface area contributed by atoms with Crippen LogP contribution in [0.4, 0.5) is 5.69 Å². The molecule has 1 atom stereocenters. The quantitative estimate of drug-likeness (QED) is 0.778. The van der Waals surface area contributed by atoms with Gasteiger partial charge in [-0.25, -0.2) is 0 Å². The number of piperidine rings is 1. The number of benzene rings is 2. The van der Waals surface area contributed by atoms with Crippen molar-refractivity contribution in [2.45, 2.75) is 31.7 Å². The fourth-order valence-corrected chi connectivity index (χ4v) is 3.24. The molecule has 1 fully saturated rings. The SMILES string of the molecule is O=C(CCN1CCCCC1C(=O)O)Nc1ccc(Oc2ccccc2)cc1. The minimum absolute atomic E-state index is 0.124. The van der Waals surface area contributed by atoms with E-state index in [9.17, 15) is 14.7 Å². The third-order valence-electron chi connectivity index (χ3n) is 4.64. The van der Waals surface area contributed by atoms with E-state index in [1.165, 1.54) is 0 Å². The molecular weight excluding hydrogens is 344 g/mol. The average Bonchev–Trinajstić information content (AvgIpc) is 2.69. The molecular formula is C21H24N2O4. The number of carbonyl (C=O) groups excluding carboxylic acids is 1. The lowest BCUT2D eigenvalue weighted by molar-refractivity contribution is -0.144. The van der Waals surface area contributed by atoms with E-state index in [2.05, 4.69) is 5.32 Å². The van der Waals surface area contributed by atoms with Gasteiger partial charge >= 0.3 is 5.97 Å². The Morgan fingerprint density at radius 3 is 2.44 bits per heavy atom. The van der Waals surface area contributed by atoms with Crippen LogP contribution in [0, 0.1) is 0 Å². The van der Waals surface area contributed by atoms with Gasteiger partial charge in [0.1, 0.15) is 17.5 Å². The van der Waals surface area contributed by atoms with Gasteiger partial charge in [-0.15, -0.1) is 0 Å². The molecule has 1 aliphatic heterocycles. The third kappa shape index (κ3) is 5.56. The average molecular weight is 368 g/mol. The van der Waals surface area contributed by atoms with Crippen molar-refractivity contribution in [1.82, 2.24) is 4.90 Å². The molecule has 2 aromatic rings. The number of carbonyl (C=O) groups is 2.